The zero-order chi connectivity index (χ0) is 22.4. The number of carbonyl (C=O) groups excluding carboxylic acids is 2. The molecule has 31 heavy (non-hydrogen) atoms. The maximum Gasteiger partial charge on any atom is 0.319 e. The van der Waals surface area contributed by atoms with E-state index in [2.05, 4.69) is 34.9 Å². The Balaban J connectivity index is 1.52. The monoisotopic (exact) mass is 423 g/mol. The lowest BCUT2D eigenvalue weighted by atomic mass is 10.1. The van der Waals surface area contributed by atoms with Crippen LogP contribution in [0.2, 0.25) is 0 Å². The number of hydrogen-bond acceptors (Lipinski definition) is 4. The van der Waals surface area contributed by atoms with Crippen molar-refractivity contribution in [2.75, 3.05) is 10.6 Å². The van der Waals surface area contributed by atoms with E-state index in [9.17, 15) is 9.59 Å². The van der Waals surface area contributed by atoms with Gasteiger partial charge in [0.15, 0.2) is 0 Å². The van der Waals surface area contributed by atoms with Gasteiger partial charge in [-0.15, -0.1) is 0 Å². The van der Waals surface area contributed by atoms with Crippen LogP contribution in [0.4, 0.5) is 16.2 Å². The molecule has 0 spiro atoms. The van der Waals surface area contributed by atoms with E-state index < -0.39 is 0 Å². The van der Waals surface area contributed by atoms with Crippen LogP contribution >= 0.6 is 0 Å². The molecule has 8 nitrogen and oxygen atoms in total. The van der Waals surface area contributed by atoms with E-state index in [0.29, 0.717) is 29.6 Å². The second-order valence-corrected chi connectivity index (χ2v) is 7.91. The summed E-state index contributed by atoms with van der Waals surface area (Å²) >= 11 is 0. The van der Waals surface area contributed by atoms with Gasteiger partial charge in [-0.25, -0.2) is 4.79 Å². The Hall–Kier alpha value is -3.55. The van der Waals surface area contributed by atoms with E-state index in [0.717, 1.165) is 23.5 Å². The van der Waals surface area contributed by atoms with E-state index in [4.69, 9.17) is 4.42 Å². The molecule has 0 aliphatic rings. The summed E-state index contributed by atoms with van der Waals surface area (Å²) in [5, 5.41) is 12.9. The van der Waals surface area contributed by atoms with Crippen LogP contribution in [0.1, 0.15) is 36.6 Å². The van der Waals surface area contributed by atoms with E-state index in [1.165, 1.54) is 0 Å². The molecule has 0 fully saturated rings. The third kappa shape index (κ3) is 6.21. The largest absolute Gasteiger partial charge is 0.467 e. The lowest BCUT2D eigenvalue weighted by Gasteiger charge is -2.10. The van der Waals surface area contributed by atoms with Gasteiger partial charge >= 0.3 is 6.03 Å². The summed E-state index contributed by atoms with van der Waals surface area (Å²) in [4.78, 5) is 24.5. The summed E-state index contributed by atoms with van der Waals surface area (Å²) in [5.41, 5.74) is 4.16. The zero-order valence-corrected chi connectivity index (χ0v) is 18.4. The molecule has 2 aromatic heterocycles. The molecule has 0 radical (unpaired) electrons. The maximum atomic E-state index is 12.5. The van der Waals surface area contributed by atoms with Crippen LogP contribution in [0.3, 0.4) is 0 Å². The summed E-state index contributed by atoms with van der Waals surface area (Å²) in [6.07, 6.45) is 1.83. The van der Waals surface area contributed by atoms with Gasteiger partial charge < -0.3 is 20.4 Å². The molecule has 0 unspecified atom stereocenters. The van der Waals surface area contributed by atoms with Crippen LogP contribution in [0.25, 0.3) is 0 Å². The standard InChI is InChI=1S/C23H29N5O3/c1-15(2)14-28-17(4)21(16(3)27-28)12-22(29)25-18-7-9-19(10-8-18)26-23(30)24-13-20-6-5-11-31-20/h5-11,15H,12-14H2,1-4H3,(H,25,29)(H2,24,26,30). The fourth-order valence-corrected chi connectivity index (χ4v) is 3.27. The van der Waals surface area contributed by atoms with Crippen molar-refractivity contribution < 1.29 is 14.0 Å². The highest BCUT2D eigenvalue weighted by Crippen LogP contribution is 2.18. The molecule has 2 heterocycles. The highest BCUT2D eigenvalue weighted by Gasteiger charge is 2.16. The topological polar surface area (TPSA) is 101 Å². The molecule has 0 saturated heterocycles. The molecular weight excluding hydrogens is 394 g/mol. The first kappa shape index (κ1) is 22.1. The molecular formula is C23H29N5O3. The molecule has 1 aromatic carbocycles. The quantitative estimate of drug-likeness (QED) is 0.504. The molecule has 3 aromatic rings. The van der Waals surface area contributed by atoms with Gasteiger partial charge in [0.2, 0.25) is 5.91 Å². The average molecular weight is 424 g/mol. The first-order chi connectivity index (χ1) is 14.8. The van der Waals surface area contributed by atoms with Gasteiger partial charge in [0.05, 0.1) is 24.9 Å². The average Bonchev–Trinajstić information content (AvgIpc) is 3.32. The van der Waals surface area contributed by atoms with Crippen molar-refractivity contribution >= 4 is 23.3 Å². The summed E-state index contributed by atoms with van der Waals surface area (Å²) in [6.45, 7) is 9.36. The predicted octanol–water partition coefficient (Wildman–Crippen LogP) is 4.25. The Bertz CT molecular complexity index is 1020. The Kier molecular flexibility index (Phi) is 7.12. The number of hydrogen-bond donors (Lipinski definition) is 3. The van der Waals surface area contributed by atoms with E-state index in [1.54, 1.807) is 42.7 Å². The number of amides is 3. The van der Waals surface area contributed by atoms with Crippen LogP contribution in [-0.2, 0) is 24.3 Å². The first-order valence-corrected chi connectivity index (χ1v) is 10.3. The molecule has 0 saturated carbocycles. The molecule has 0 bridgehead atoms. The van der Waals surface area contributed by atoms with Crippen molar-refractivity contribution in [3.63, 3.8) is 0 Å². The fourth-order valence-electron chi connectivity index (χ4n) is 3.27. The van der Waals surface area contributed by atoms with Crippen LogP contribution in [-0.4, -0.2) is 21.7 Å². The number of nitrogens with zero attached hydrogens (tertiary/aromatic N) is 2. The molecule has 0 aliphatic heterocycles. The molecule has 0 atom stereocenters. The SMILES string of the molecule is Cc1nn(CC(C)C)c(C)c1CC(=O)Nc1ccc(NC(=O)NCc2ccco2)cc1. The van der Waals surface area contributed by atoms with Crippen molar-refractivity contribution in [1.29, 1.82) is 0 Å². The second-order valence-electron chi connectivity index (χ2n) is 7.91. The minimum absolute atomic E-state index is 0.104. The van der Waals surface area contributed by atoms with Gasteiger partial charge in [0, 0.05) is 29.2 Å². The summed E-state index contributed by atoms with van der Waals surface area (Å²) in [6, 6.07) is 10.2. The Morgan fingerprint density at radius 1 is 1.06 bits per heavy atom. The second kappa shape index (κ2) is 9.97. The number of benzene rings is 1. The summed E-state index contributed by atoms with van der Waals surface area (Å²) < 4.78 is 7.15. The zero-order valence-electron chi connectivity index (χ0n) is 18.4. The molecule has 0 aliphatic carbocycles. The normalized spacial score (nSPS) is 10.9. The minimum atomic E-state index is -0.336. The summed E-state index contributed by atoms with van der Waals surface area (Å²) in [5.74, 6) is 1.06. The van der Waals surface area contributed by atoms with Crippen molar-refractivity contribution in [2.45, 2.75) is 47.2 Å². The van der Waals surface area contributed by atoms with Crippen LogP contribution in [0, 0.1) is 19.8 Å². The summed E-state index contributed by atoms with van der Waals surface area (Å²) in [7, 11) is 0. The third-order valence-electron chi connectivity index (χ3n) is 4.84. The molecule has 3 rings (SSSR count). The van der Waals surface area contributed by atoms with Crippen molar-refractivity contribution in [3.05, 3.63) is 65.4 Å². The number of carbonyl (C=O) groups is 2. The number of aryl methyl sites for hydroxylation is 1. The lowest BCUT2D eigenvalue weighted by molar-refractivity contribution is -0.115. The van der Waals surface area contributed by atoms with Crippen LogP contribution in [0.5, 0.6) is 0 Å². The number of aromatic nitrogens is 2. The van der Waals surface area contributed by atoms with E-state index in [-0.39, 0.29) is 18.4 Å². The number of nitrogens with one attached hydrogen (secondary N) is 3. The third-order valence-corrected chi connectivity index (χ3v) is 4.84. The smallest absolute Gasteiger partial charge is 0.319 e. The predicted molar refractivity (Wildman–Crippen MR) is 120 cm³/mol. The Morgan fingerprint density at radius 3 is 2.35 bits per heavy atom. The van der Waals surface area contributed by atoms with Gasteiger partial charge in [0.25, 0.3) is 0 Å². The minimum Gasteiger partial charge on any atom is -0.467 e. The maximum absolute atomic E-state index is 12.5. The van der Waals surface area contributed by atoms with Gasteiger partial charge in [0.1, 0.15) is 5.76 Å². The van der Waals surface area contributed by atoms with Gasteiger partial charge in [-0.1, -0.05) is 13.8 Å². The van der Waals surface area contributed by atoms with Crippen molar-refractivity contribution in [1.82, 2.24) is 15.1 Å². The van der Waals surface area contributed by atoms with E-state index in [1.807, 2.05) is 18.5 Å². The number of rotatable bonds is 8. The van der Waals surface area contributed by atoms with Gasteiger partial charge in [-0.05, 0) is 56.2 Å². The number of anilines is 2. The highest BCUT2D eigenvalue weighted by molar-refractivity contribution is 5.93. The Morgan fingerprint density at radius 2 is 1.74 bits per heavy atom. The number of urea groups is 1. The molecule has 3 N–H and O–H groups in total. The van der Waals surface area contributed by atoms with Gasteiger partial charge in [-0.3, -0.25) is 9.48 Å². The number of furan rings is 1. The fraction of sp³-hybridized carbons (Fsp3) is 0.348. The first-order valence-electron chi connectivity index (χ1n) is 10.3. The lowest BCUT2D eigenvalue weighted by Crippen LogP contribution is -2.27. The molecule has 3 amide bonds. The van der Waals surface area contributed by atoms with Crippen LogP contribution in [0.15, 0.2) is 47.1 Å². The van der Waals surface area contributed by atoms with Crippen molar-refractivity contribution in [3.8, 4) is 0 Å². The highest BCUT2D eigenvalue weighted by atomic mass is 16.3. The van der Waals surface area contributed by atoms with E-state index >= 15 is 0 Å². The van der Waals surface area contributed by atoms with Crippen molar-refractivity contribution in [2.24, 2.45) is 5.92 Å². The van der Waals surface area contributed by atoms with Crippen LogP contribution < -0.4 is 16.0 Å². The molecule has 164 valence electrons. The Labute approximate surface area is 182 Å². The molecule has 8 heteroatoms. The van der Waals surface area contributed by atoms with Gasteiger partial charge in [-0.2, -0.15) is 5.10 Å².